The monoisotopic (exact) mass is 801 g/mol. The van der Waals surface area contributed by atoms with Crippen LogP contribution in [0.3, 0.4) is 0 Å². The van der Waals surface area contributed by atoms with E-state index in [1.165, 1.54) is 24.1 Å². The third-order valence-electron chi connectivity index (χ3n) is 10.7. The molecule has 4 aliphatic heterocycles. The Bertz CT molecular complexity index is 1760. The second-order valence-corrected chi connectivity index (χ2v) is 16.8. The third-order valence-corrected chi connectivity index (χ3v) is 10.7. The van der Waals surface area contributed by atoms with Gasteiger partial charge in [-0.1, -0.05) is 38.1 Å². The van der Waals surface area contributed by atoms with Gasteiger partial charge < -0.3 is 49.3 Å². The maximum absolute atomic E-state index is 14.6. The molecule has 4 saturated heterocycles. The van der Waals surface area contributed by atoms with Gasteiger partial charge in [0.25, 0.3) is 0 Å². The number of carbonyl (C=O) groups is 6. The summed E-state index contributed by atoms with van der Waals surface area (Å²) in [6.45, 7) is 9.50. The molecule has 6 rings (SSSR count). The van der Waals surface area contributed by atoms with Gasteiger partial charge in [-0.05, 0) is 51.3 Å². The summed E-state index contributed by atoms with van der Waals surface area (Å²) in [5.74, 6) is -4.15. The van der Waals surface area contributed by atoms with Gasteiger partial charge in [0, 0.05) is 24.3 Å². The minimum atomic E-state index is -1.64. The Morgan fingerprint density at radius 3 is 2.39 bits per heavy atom. The summed E-state index contributed by atoms with van der Waals surface area (Å²) < 4.78 is 33.1. The Morgan fingerprint density at radius 2 is 1.75 bits per heavy atom. The standard InChI is InChI=1S/C39H51N3O15/c1-20(44)27(33(47)40-23(17-43)12-14-26(46)56-37(2,3)4)41-36(50)39-15-24-28-29(53-19-52-28)31(39)57-42(30(39)34(48)54-24)16-22-9-7-21(8-10-22)11-13-25(45)55-32-35(49)51-18-38(32,5)6/h7-11,13,20,23-24,27-32,43-44H,12,14-19H2,1-6H3,(H,40,47)(H,41,50)/t20-,23-,24+,27+,28-,29-,30-,31+,32-,39-/m0/s1. The van der Waals surface area contributed by atoms with E-state index in [9.17, 15) is 39.0 Å². The normalized spacial score (nSPS) is 30.5. The number of nitrogens with one attached hydrogen (secondary N) is 2. The summed E-state index contributed by atoms with van der Waals surface area (Å²) in [5, 5.41) is 27.3. The van der Waals surface area contributed by atoms with Crippen molar-refractivity contribution in [1.29, 1.82) is 0 Å². The molecule has 4 heterocycles. The average molecular weight is 802 g/mol. The Hall–Kier alpha value is -4.46. The summed E-state index contributed by atoms with van der Waals surface area (Å²) in [6.07, 6.45) is -3.24. The highest BCUT2D eigenvalue weighted by atomic mass is 16.8. The molecule has 57 heavy (non-hydrogen) atoms. The maximum Gasteiger partial charge on any atom is 0.348 e. The molecule has 2 amide bonds. The van der Waals surface area contributed by atoms with Crippen LogP contribution >= 0.6 is 0 Å². The van der Waals surface area contributed by atoms with Crippen molar-refractivity contribution in [2.24, 2.45) is 10.8 Å². The first-order valence-electron chi connectivity index (χ1n) is 19.0. The maximum atomic E-state index is 14.6. The van der Waals surface area contributed by atoms with Crippen LogP contribution in [-0.2, 0) is 68.6 Å². The van der Waals surface area contributed by atoms with Gasteiger partial charge in [-0.3, -0.25) is 24.0 Å². The molecule has 5 aliphatic rings. The zero-order chi connectivity index (χ0) is 41.4. The smallest absolute Gasteiger partial charge is 0.348 e. The lowest BCUT2D eigenvalue weighted by molar-refractivity contribution is -0.201. The van der Waals surface area contributed by atoms with E-state index in [-0.39, 0.29) is 39.2 Å². The van der Waals surface area contributed by atoms with Crippen molar-refractivity contribution in [2.45, 2.75) is 128 Å². The van der Waals surface area contributed by atoms with Crippen LogP contribution in [0.5, 0.6) is 0 Å². The fourth-order valence-corrected chi connectivity index (χ4v) is 7.87. The van der Waals surface area contributed by atoms with Crippen molar-refractivity contribution in [2.75, 3.05) is 20.0 Å². The van der Waals surface area contributed by atoms with Crippen molar-refractivity contribution < 1.29 is 72.2 Å². The summed E-state index contributed by atoms with van der Waals surface area (Å²) in [7, 11) is 0. The van der Waals surface area contributed by atoms with Crippen molar-refractivity contribution in [3.63, 3.8) is 0 Å². The largest absolute Gasteiger partial charge is 0.462 e. The first-order valence-corrected chi connectivity index (χ1v) is 19.0. The molecular formula is C39H51N3O15. The van der Waals surface area contributed by atoms with Crippen LogP contribution in [0.4, 0.5) is 0 Å². The number of fused-ring (bicyclic) bond motifs is 4. The van der Waals surface area contributed by atoms with E-state index in [1.54, 1.807) is 58.9 Å². The van der Waals surface area contributed by atoms with Gasteiger partial charge in [0.15, 0.2) is 6.04 Å². The SMILES string of the molecule is C[C@H](O)[C@@H](NC(=O)[C@@]12C[C@H]3OC(=O)[C@@H]1N(Cc1ccc(C=CC(=O)O[C@H]4C(=O)OCC4(C)C)cc1)O[C@@H]2[C@H]1OCO[C@H]13)C(=O)N[C@H](CO)CCC(=O)OC(C)(C)C. The number of rotatable bonds is 14. The van der Waals surface area contributed by atoms with Gasteiger partial charge in [0.05, 0.1) is 25.3 Å². The zero-order valence-electron chi connectivity index (χ0n) is 32.8. The van der Waals surface area contributed by atoms with E-state index in [1.807, 2.05) is 0 Å². The molecule has 0 spiro atoms. The predicted molar refractivity (Wildman–Crippen MR) is 194 cm³/mol. The topological polar surface area (TPSA) is 235 Å². The van der Waals surface area contributed by atoms with Crippen LogP contribution in [0, 0.1) is 10.8 Å². The predicted octanol–water partition coefficient (Wildman–Crippen LogP) is 0.201. The number of hydrogen-bond donors (Lipinski definition) is 4. The van der Waals surface area contributed by atoms with Crippen LogP contribution in [0.1, 0.15) is 71.9 Å². The fourth-order valence-electron chi connectivity index (χ4n) is 7.87. The molecule has 18 nitrogen and oxygen atoms in total. The number of aliphatic hydroxyl groups excluding tert-OH is 2. The van der Waals surface area contributed by atoms with Crippen molar-refractivity contribution >= 4 is 41.8 Å². The minimum Gasteiger partial charge on any atom is -0.462 e. The van der Waals surface area contributed by atoms with Gasteiger partial charge in [0.1, 0.15) is 54.9 Å². The van der Waals surface area contributed by atoms with Crippen LogP contribution in [0.25, 0.3) is 6.08 Å². The number of hydrogen-bond acceptors (Lipinski definition) is 16. The molecule has 10 atom stereocenters. The number of carbonyl (C=O) groups excluding carboxylic acids is 6. The minimum absolute atomic E-state index is 0.00919. The Balaban J connectivity index is 1.16. The number of hydroxylamine groups is 2. The first kappa shape index (κ1) is 42.2. The summed E-state index contributed by atoms with van der Waals surface area (Å²) in [4.78, 5) is 85.1. The van der Waals surface area contributed by atoms with Crippen LogP contribution in [-0.4, -0.2) is 131 Å². The number of aliphatic hydroxyl groups is 2. The number of nitrogens with zero attached hydrogens (tertiary/aromatic N) is 1. The molecule has 0 radical (unpaired) electrons. The molecule has 18 heteroatoms. The fraction of sp³-hybridized carbons (Fsp3) is 0.641. The Morgan fingerprint density at radius 1 is 1.05 bits per heavy atom. The van der Waals surface area contributed by atoms with E-state index >= 15 is 0 Å². The van der Waals surface area contributed by atoms with Gasteiger partial charge in [0.2, 0.25) is 17.9 Å². The van der Waals surface area contributed by atoms with Crippen LogP contribution in [0.2, 0.25) is 0 Å². The number of ether oxygens (including phenoxy) is 6. The highest BCUT2D eigenvalue weighted by molar-refractivity contribution is 5.96. The van der Waals surface area contributed by atoms with Crippen LogP contribution in [0.15, 0.2) is 30.3 Å². The summed E-state index contributed by atoms with van der Waals surface area (Å²) in [5.41, 5.74) is -1.71. The lowest BCUT2D eigenvalue weighted by Gasteiger charge is -2.49. The van der Waals surface area contributed by atoms with E-state index in [0.29, 0.717) is 11.1 Å². The molecule has 1 aromatic rings. The van der Waals surface area contributed by atoms with Crippen molar-refractivity contribution in [1.82, 2.24) is 15.7 Å². The molecule has 5 fully saturated rings. The number of amides is 2. The van der Waals surface area contributed by atoms with Gasteiger partial charge in [-0.2, -0.15) is 5.06 Å². The molecule has 0 unspecified atom stereocenters. The van der Waals surface area contributed by atoms with Gasteiger partial charge >= 0.3 is 23.9 Å². The highest BCUT2D eigenvalue weighted by Crippen LogP contribution is 2.55. The quantitative estimate of drug-likeness (QED) is 0.112. The van der Waals surface area contributed by atoms with E-state index in [0.717, 1.165) is 0 Å². The van der Waals surface area contributed by atoms with E-state index in [2.05, 4.69) is 10.6 Å². The van der Waals surface area contributed by atoms with Crippen LogP contribution < -0.4 is 10.6 Å². The lowest BCUT2D eigenvalue weighted by Crippen LogP contribution is -2.71. The molecule has 1 aromatic carbocycles. The number of esters is 4. The first-order chi connectivity index (χ1) is 26.8. The molecule has 0 aromatic heterocycles. The van der Waals surface area contributed by atoms with E-state index < -0.39 is 113 Å². The van der Waals surface area contributed by atoms with Crippen molar-refractivity contribution in [3.05, 3.63) is 41.5 Å². The van der Waals surface area contributed by atoms with Gasteiger partial charge in [-0.15, -0.1) is 0 Å². The summed E-state index contributed by atoms with van der Waals surface area (Å²) in [6, 6.07) is 3.20. The molecular weight excluding hydrogens is 750 g/mol. The molecule has 2 bridgehead atoms. The zero-order valence-corrected chi connectivity index (χ0v) is 32.8. The van der Waals surface area contributed by atoms with E-state index in [4.69, 9.17) is 33.3 Å². The highest BCUT2D eigenvalue weighted by Gasteiger charge is 2.75. The average Bonchev–Trinajstić information content (AvgIpc) is 3.83. The molecule has 312 valence electrons. The Labute approximate surface area is 329 Å². The van der Waals surface area contributed by atoms with Crippen molar-refractivity contribution in [3.8, 4) is 0 Å². The summed E-state index contributed by atoms with van der Waals surface area (Å²) >= 11 is 0. The Kier molecular flexibility index (Phi) is 12.1. The second kappa shape index (κ2) is 16.4. The molecule has 1 saturated carbocycles. The molecule has 4 N–H and O–H groups in total. The second-order valence-electron chi connectivity index (χ2n) is 16.8. The number of benzene rings is 1. The lowest BCUT2D eigenvalue weighted by atomic mass is 9.62. The van der Waals surface area contributed by atoms with Gasteiger partial charge in [-0.25, -0.2) is 9.59 Å². The molecule has 1 aliphatic carbocycles. The number of cyclic esters (lactones) is 1. The third kappa shape index (κ3) is 8.85.